The molecule has 0 spiro atoms. The van der Waals surface area contributed by atoms with Crippen molar-refractivity contribution in [2.24, 2.45) is 0 Å². The van der Waals surface area contributed by atoms with Crippen LogP contribution < -0.4 is 9.64 Å². The van der Waals surface area contributed by atoms with Crippen LogP contribution in [0.5, 0.6) is 5.75 Å². The summed E-state index contributed by atoms with van der Waals surface area (Å²) in [5.74, 6) is 0.558. The standard InChI is InChI=1S/C18H21N3O3/c1-2-13-11-19-18(20-12-13)21-9-7-16(8-10-21)24-15-5-3-14(4-6-15)17(22)23/h3-6,11-12,16H,2,7-10H2,1H3,(H,22,23). The molecule has 24 heavy (non-hydrogen) atoms. The lowest BCUT2D eigenvalue weighted by molar-refractivity contribution is 0.0697. The van der Waals surface area contributed by atoms with E-state index >= 15 is 0 Å². The van der Waals surface area contributed by atoms with Crippen LogP contribution in [0.1, 0.15) is 35.7 Å². The first-order valence-electron chi connectivity index (χ1n) is 8.21. The van der Waals surface area contributed by atoms with Gasteiger partial charge in [0.05, 0.1) is 5.56 Å². The van der Waals surface area contributed by atoms with E-state index in [2.05, 4.69) is 21.8 Å². The lowest BCUT2D eigenvalue weighted by Crippen LogP contribution is -2.39. The third-order valence-electron chi connectivity index (χ3n) is 4.23. The smallest absolute Gasteiger partial charge is 0.335 e. The van der Waals surface area contributed by atoms with Crippen molar-refractivity contribution in [1.82, 2.24) is 9.97 Å². The van der Waals surface area contributed by atoms with Crippen LogP contribution in [0.25, 0.3) is 0 Å². The monoisotopic (exact) mass is 327 g/mol. The molecule has 1 aromatic heterocycles. The Bertz CT molecular complexity index is 678. The molecule has 1 fully saturated rings. The fraction of sp³-hybridized carbons (Fsp3) is 0.389. The van der Waals surface area contributed by atoms with Crippen molar-refractivity contribution in [3.05, 3.63) is 47.8 Å². The zero-order chi connectivity index (χ0) is 16.9. The third kappa shape index (κ3) is 3.82. The number of ether oxygens (including phenoxy) is 1. The maximum Gasteiger partial charge on any atom is 0.335 e. The Morgan fingerprint density at radius 1 is 1.21 bits per heavy atom. The van der Waals surface area contributed by atoms with Crippen LogP contribution in [0.3, 0.4) is 0 Å². The minimum absolute atomic E-state index is 0.131. The molecule has 1 N–H and O–H groups in total. The van der Waals surface area contributed by atoms with Crippen molar-refractivity contribution >= 4 is 11.9 Å². The van der Waals surface area contributed by atoms with Crippen molar-refractivity contribution in [1.29, 1.82) is 0 Å². The zero-order valence-electron chi connectivity index (χ0n) is 13.7. The second-order valence-electron chi connectivity index (χ2n) is 5.88. The van der Waals surface area contributed by atoms with Gasteiger partial charge in [0.1, 0.15) is 11.9 Å². The van der Waals surface area contributed by atoms with Gasteiger partial charge in [-0.1, -0.05) is 6.92 Å². The molecule has 1 aliphatic rings. The highest BCUT2D eigenvalue weighted by Gasteiger charge is 2.22. The van der Waals surface area contributed by atoms with Crippen LogP contribution in [0.4, 0.5) is 5.95 Å². The van der Waals surface area contributed by atoms with Crippen molar-refractivity contribution in [2.75, 3.05) is 18.0 Å². The molecule has 6 heteroatoms. The van der Waals surface area contributed by atoms with E-state index in [0.717, 1.165) is 43.9 Å². The van der Waals surface area contributed by atoms with Gasteiger partial charge in [-0.05, 0) is 36.2 Å². The Hall–Kier alpha value is -2.63. The first-order valence-corrected chi connectivity index (χ1v) is 8.21. The molecule has 0 unspecified atom stereocenters. The molecule has 0 aliphatic carbocycles. The number of hydrogen-bond acceptors (Lipinski definition) is 5. The molecule has 3 rings (SSSR count). The van der Waals surface area contributed by atoms with E-state index < -0.39 is 5.97 Å². The van der Waals surface area contributed by atoms with E-state index in [1.807, 2.05) is 12.4 Å². The van der Waals surface area contributed by atoms with Gasteiger partial charge in [0, 0.05) is 38.3 Å². The molecule has 0 bridgehead atoms. The zero-order valence-corrected chi connectivity index (χ0v) is 13.7. The highest BCUT2D eigenvalue weighted by atomic mass is 16.5. The predicted molar refractivity (Wildman–Crippen MR) is 90.7 cm³/mol. The van der Waals surface area contributed by atoms with Gasteiger partial charge in [-0.2, -0.15) is 0 Å². The minimum atomic E-state index is -0.927. The number of carboxylic acids is 1. The van der Waals surface area contributed by atoms with Crippen LogP contribution in [0, 0.1) is 0 Å². The summed E-state index contributed by atoms with van der Waals surface area (Å²) >= 11 is 0. The van der Waals surface area contributed by atoms with Gasteiger partial charge in [-0.3, -0.25) is 0 Å². The summed E-state index contributed by atoms with van der Waals surface area (Å²) in [4.78, 5) is 21.9. The maximum absolute atomic E-state index is 10.9. The van der Waals surface area contributed by atoms with Crippen LogP contribution >= 0.6 is 0 Å². The SMILES string of the molecule is CCc1cnc(N2CCC(Oc3ccc(C(=O)O)cc3)CC2)nc1. The second-order valence-corrected chi connectivity index (χ2v) is 5.88. The number of aromatic carboxylic acids is 1. The molecule has 0 saturated carbocycles. The van der Waals surface area contributed by atoms with Crippen molar-refractivity contribution in [3.8, 4) is 5.75 Å². The Morgan fingerprint density at radius 2 is 1.83 bits per heavy atom. The number of anilines is 1. The lowest BCUT2D eigenvalue weighted by atomic mass is 10.1. The summed E-state index contributed by atoms with van der Waals surface area (Å²) in [6, 6.07) is 6.55. The first kappa shape index (κ1) is 16.2. The molecule has 2 heterocycles. The summed E-state index contributed by atoms with van der Waals surface area (Å²) in [6.07, 6.45) is 6.62. The van der Waals surface area contributed by atoms with E-state index in [9.17, 15) is 4.79 Å². The Labute approximate surface area is 141 Å². The van der Waals surface area contributed by atoms with Crippen molar-refractivity contribution in [3.63, 3.8) is 0 Å². The van der Waals surface area contributed by atoms with Gasteiger partial charge in [-0.15, -0.1) is 0 Å². The van der Waals surface area contributed by atoms with Crippen molar-refractivity contribution in [2.45, 2.75) is 32.3 Å². The molecule has 0 radical (unpaired) electrons. The van der Waals surface area contributed by atoms with Gasteiger partial charge in [0.15, 0.2) is 0 Å². The summed E-state index contributed by atoms with van der Waals surface area (Å²) in [6.45, 7) is 3.79. The van der Waals surface area contributed by atoms with Crippen LogP contribution in [-0.2, 0) is 6.42 Å². The number of carbonyl (C=O) groups is 1. The van der Waals surface area contributed by atoms with Gasteiger partial charge in [-0.25, -0.2) is 14.8 Å². The van der Waals surface area contributed by atoms with E-state index in [-0.39, 0.29) is 11.7 Å². The number of nitrogens with zero attached hydrogens (tertiary/aromatic N) is 3. The van der Waals surface area contributed by atoms with E-state index in [1.165, 1.54) is 0 Å². The average Bonchev–Trinajstić information content (AvgIpc) is 2.63. The largest absolute Gasteiger partial charge is 0.490 e. The molecule has 0 atom stereocenters. The fourth-order valence-electron chi connectivity index (χ4n) is 2.74. The summed E-state index contributed by atoms with van der Waals surface area (Å²) in [7, 11) is 0. The highest BCUT2D eigenvalue weighted by molar-refractivity contribution is 5.87. The number of aromatic nitrogens is 2. The van der Waals surface area contributed by atoms with Crippen LogP contribution in [0.2, 0.25) is 0 Å². The number of hydrogen-bond donors (Lipinski definition) is 1. The molecule has 1 aliphatic heterocycles. The number of carboxylic acid groups (broad SMARTS) is 1. The third-order valence-corrected chi connectivity index (χ3v) is 4.23. The maximum atomic E-state index is 10.9. The normalized spacial score (nSPS) is 15.3. The summed E-state index contributed by atoms with van der Waals surface area (Å²) in [5.41, 5.74) is 1.41. The van der Waals surface area contributed by atoms with E-state index in [4.69, 9.17) is 9.84 Å². The molecular weight excluding hydrogens is 306 g/mol. The van der Waals surface area contributed by atoms with Gasteiger partial charge in [0.2, 0.25) is 5.95 Å². The Balaban J connectivity index is 1.53. The number of piperidine rings is 1. The van der Waals surface area contributed by atoms with Gasteiger partial charge >= 0.3 is 5.97 Å². The fourth-order valence-corrected chi connectivity index (χ4v) is 2.74. The number of aryl methyl sites for hydroxylation is 1. The molecule has 1 saturated heterocycles. The minimum Gasteiger partial charge on any atom is -0.490 e. The Kier molecular flexibility index (Phi) is 4.93. The summed E-state index contributed by atoms with van der Waals surface area (Å²) in [5, 5.41) is 8.91. The van der Waals surface area contributed by atoms with E-state index in [1.54, 1.807) is 24.3 Å². The number of benzene rings is 1. The Morgan fingerprint density at radius 3 is 2.38 bits per heavy atom. The topological polar surface area (TPSA) is 75.6 Å². The first-order chi connectivity index (χ1) is 11.7. The molecule has 2 aromatic rings. The lowest BCUT2D eigenvalue weighted by Gasteiger charge is -2.32. The molecular formula is C18H21N3O3. The van der Waals surface area contributed by atoms with Gasteiger partial charge in [0.25, 0.3) is 0 Å². The predicted octanol–water partition coefficient (Wildman–Crippen LogP) is 2.79. The van der Waals surface area contributed by atoms with Gasteiger partial charge < -0.3 is 14.7 Å². The summed E-state index contributed by atoms with van der Waals surface area (Å²) < 4.78 is 5.95. The molecule has 6 nitrogen and oxygen atoms in total. The van der Waals surface area contributed by atoms with Crippen LogP contribution in [0.15, 0.2) is 36.7 Å². The quantitative estimate of drug-likeness (QED) is 0.910. The highest BCUT2D eigenvalue weighted by Crippen LogP contribution is 2.21. The second kappa shape index (κ2) is 7.29. The van der Waals surface area contributed by atoms with Crippen LogP contribution in [-0.4, -0.2) is 40.2 Å². The molecule has 126 valence electrons. The molecule has 0 amide bonds. The van der Waals surface area contributed by atoms with Crippen molar-refractivity contribution < 1.29 is 14.6 Å². The molecule has 1 aromatic carbocycles. The average molecular weight is 327 g/mol. The number of rotatable bonds is 5. The van der Waals surface area contributed by atoms with E-state index in [0.29, 0.717) is 5.75 Å².